The Kier molecular flexibility index (Phi) is 5.22. The number of likely N-dealkylation sites (tertiary alicyclic amines) is 1. The molecule has 4 nitrogen and oxygen atoms in total. The molecule has 1 N–H and O–H groups in total. The molecule has 1 aliphatic rings. The number of nitrogens with one attached hydrogen (secondary N) is 1. The van der Waals surface area contributed by atoms with E-state index in [9.17, 15) is 4.79 Å². The van der Waals surface area contributed by atoms with E-state index < -0.39 is 5.54 Å². The van der Waals surface area contributed by atoms with E-state index in [1.165, 1.54) is 32.8 Å². The van der Waals surface area contributed by atoms with Gasteiger partial charge >= 0.3 is 5.97 Å². The van der Waals surface area contributed by atoms with E-state index in [-0.39, 0.29) is 5.97 Å². The number of carbonyl (C=O) groups excluding carboxylic acids is 1. The summed E-state index contributed by atoms with van der Waals surface area (Å²) in [6.45, 7) is 4.82. The highest BCUT2D eigenvalue weighted by Crippen LogP contribution is 2.14. The summed E-state index contributed by atoms with van der Waals surface area (Å²) in [5.74, 6) is -0.181. The molecule has 0 amide bonds. The van der Waals surface area contributed by atoms with Crippen LogP contribution in [0.2, 0.25) is 0 Å². The summed E-state index contributed by atoms with van der Waals surface area (Å²) in [6, 6.07) is 0. The molecule has 1 aliphatic heterocycles. The lowest BCUT2D eigenvalue weighted by molar-refractivity contribution is -0.148. The van der Waals surface area contributed by atoms with Crippen LogP contribution in [-0.2, 0) is 9.53 Å². The van der Waals surface area contributed by atoms with Gasteiger partial charge in [0.15, 0.2) is 0 Å². The predicted molar refractivity (Wildman–Crippen MR) is 64.4 cm³/mol. The van der Waals surface area contributed by atoms with Gasteiger partial charge in [0.1, 0.15) is 5.54 Å². The third-order valence-corrected chi connectivity index (χ3v) is 3.43. The number of ether oxygens (including phenoxy) is 1. The monoisotopic (exact) mass is 228 g/mol. The number of hydrogen-bond donors (Lipinski definition) is 1. The van der Waals surface area contributed by atoms with Gasteiger partial charge in [-0.25, -0.2) is 0 Å². The largest absolute Gasteiger partial charge is 0.468 e. The van der Waals surface area contributed by atoms with Gasteiger partial charge in [0.2, 0.25) is 0 Å². The van der Waals surface area contributed by atoms with Crippen LogP contribution in [0.25, 0.3) is 0 Å². The summed E-state index contributed by atoms with van der Waals surface area (Å²) < 4.78 is 4.85. The molecule has 94 valence electrons. The van der Waals surface area contributed by atoms with Crippen molar-refractivity contribution in [1.29, 1.82) is 0 Å². The molecule has 0 saturated carbocycles. The van der Waals surface area contributed by atoms with Crippen LogP contribution in [0.15, 0.2) is 0 Å². The molecule has 0 aromatic heterocycles. The van der Waals surface area contributed by atoms with Crippen LogP contribution in [0.5, 0.6) is 0 Å². The Labute approximate surface area is 98.3 Å². The van der Waals surface area contributed by atoms with E-state index in [1.807, 2.05) is 14.0 Å². The first-order valence-electron chi connectivity index (χ1n) is 6.12. The summed E-state index contributed by atoms with van der Waals surface area (Å²) in [4.78, 5) is 14.1. The van der Waals surface area contributed by atoms with Gasteiger partial charge in [0, 0.05) is 6.54 Å². The Morgan fingerprint density at radius 1 is 1.31 bits per heavy atom. The van der Waals surface area contributed by atoms with Crippen LogP contribution < -0.4 is 5.32 Å². The topological polar surface area (TPSA) is 41.6 Å². The molecule has 1 atom stereocenters. The Morgan fingerprint density at radius 2 is 1.88 bits per heavy atom. The zero-order valence-electron chi connectivity index (χ0n) is 10.7. The Morgan fingerprint density at radius 3 is 2.31 bits per heavy atom. The van der Waals surface area contributed by atoms with E-state index in [4.69, 9.17) is 4.74 Å². The summed E-state index contributed by atoms with van der Waals surface area (Å²) in [6.07, 6.45) is 5.10. The molecule has 0 aromatic carbocycles. The van der Waals surface area contributed by atoms with E-state index in [2.05, 4.69) is 10.2 Å². The molecule has 0 aromatic rings. The second-order valence-corrected chi connectivity index (χ2v) is 4.76. The van der Waals surface area contributed by atoms with Crippen molar-refractivity contribution in [3.8, 4) is 0 Å². The lowest BCUT2D eigenvalue weighted by atomic mass is 10.0. The minimum Gasteiger partial charge on any atom is -0.468 e. The molecular weight excluding hydrogens is 204 g/mol. The SMILES string of the molecule is CNC(C)(CN1CCCCCC1)C(=O)OC. The van der Waals surface area contributed by atoms with Gasteiger partial charge in [-0.2, -0.15) is 0 Å². The first-order chi connectivity index (χ1) is 7.62. The lowest BCUT2D eigenvalue weighted by Crippen LogP contribution is -2.56. The molecule has 1 heterocycles. The second kappa shape index (κ2) is 6.21. The van der Waals surface area contributed by atoms with Crippen molar-refractivity contribution in [1.82, 2.24) is 10.2 Å². The van der Waals surface area contributed by atoms with Crippen LogP contribution in [0.4, 0.5) is 0 Å². The summed E-state index contributed by atoms with van der Waals surface area (Å²) >= 11 is 0. The highest BCUT2D eigenvalue weighted by atomic mass is 16.5. The lowest BCUT2D eigenvalue weighted by Gasteiger charge is -2.32. The smallest absolute Gasteiger partial charge is 0.327 e. The minimum atomic E-state index is -0.584. The number of rotatable bonds is 4. The van der Waals surface area contributed by atoms with Crippen LogP contribution >= 0.6 is 0 Å². The van der Waals surface area contributed by atoms with Crippen molar-refractivity contribution in [2.75, 3.05) is 33.8 Å². The molecule has 0 aliphatic carbocycles. The molecule has 1 saturated heterocycles. The predicted octanol–water partition coefficient (Wildman–Crippen LogP) is 1.01. The number of nitrogens with zero attached hydrogens (tertiary/aromatic N) is 1. The van der Waals surface area contributed by atoms with Gasteiger partial charge in [-0.1, -0.05) is 12.8 Å². The van der Waals surface area contributed by atoms with E-state index >= 15 is 0 Å². The van der Waals surface area contributed by atoms with Crippen LogP contribution in [0, 0.1) is 0 Å². The van der Waals surface area contributed by atoms with Crippen molar-refractivity contribution in [2.24, 2.45) is 0 Å². The van der Waals surface area contributed by atoms with Gasteiger partial charge in [-0.05, 0) is 39.9 Å². The van der Waals surface area contributed by atoms with Crippen LogP contribution in [-0.4, -0.2) is 50.2 Å². The van der Waals surface area contributed by atoms with Crippen molar-refractivity contribution >= 4 is 5.97 Å². The number of hydrogen-bond acceptors (Lipinski definition) is 4. The van der Waals surface area contributed by atoms with Gasteiger partial charge < -0.3 is 15.0 Å². The first kappa shape index (κ1) is 13.5. The average Bonchev–Trinajstić information content (AvgIpc) is 2.56. The molecule has 0 bridgehead atoms. The number of methoxy groups -OCH3 is 1. The quantitative estimate of drug-likeness (QED) is 0.729. The molecule has 1 fully saturated rings. The van der Waals surface area contributed by atoms with E-state index in [0.717, 1.165) is 19.6 Å². The highest BCUT2D eigenvalue weighted by molar-refractivity contribution is 5.80. The maximum atomic E-state index is 11.7. The Balaban J connectivity index is 2.56. The van der Waals surface area contributed by atoms with Gasteiger partial charge in [-0.3, -0.25) is 4.79 Å². The number of likely N-dealkylation sites (N-methyl/N-ethyl adjacent to an activating group) is 1. The van der Waals surface area contributed by atoms with Crippen molar-refractivity contribution < 1.29 is 9.53 Å². The zero-order valence-corrected chi connectivity index (χ0v) is 10.7. The fourth-order valence-electron chi connectivity index (χ4n) is 2.21. The van der Waals surface area contributed by atoms with Crippen molar-refractivity contribution in [2.45, 2.75) is 38.1 Å². The maximum absolute atomic E-state index is 11.7. The molecule has 4 heteroatoms. The van der Waals surface area contributed by atoms with E-state index in [0.29, 0.717) is 0 Å². The summed E-state index contributed by atoms with van der Waals surface area (Å²) in [5.41, 5.74) is -0.584. The summed E-state index contributed by atoms with van der Waals surface area (Å²) in [7, 11) is 3.26. The van der Waals surface area contributed by atoms with Crippen LogP contribution in [0.1, 0.15) is 32.6 Å². The highest BCUT2D eigenvalue weighted by Gasteiger charge is 2.34. The molecular formula is C12H24N2O2. The maximum Gasteiger partial charge on any atom is 0.327 e. The zero-order chi connectivity index (χ0) is 12.0. The molecule has 1 rings (SSSR count). The van der Waals surface area contributed by atoms with Gasteiger partial charge in [-0.15, -0.1) is 0 Å². The van der Waals surface area contributed by atoms with Crippen LogP contribution in [0.3, 0.4) is 0 Å². The number of esters is 1. The number of carbonyl (C=O) groups is 1. The normalized spacial score (nSPS) is 22.2. The van der Waals surface area contributed by atoms with Gasteiger partial charge in [0.25, 0.3) is 0 Å². The Bertz CT molecular complexity index is 225. The third kappa shape index (κ3) is 3.46. The standard InChI is InChI=1S/C12H24N2O2/c1-12(13-2,11(15)16-3)10-14-8-6-4-5-7-9-14/h13H,4-10H2,1-3H3. The third-order valence-electron chi connectivity index (χ3n) is 3.43. The summed E-state index contributed by atoms with van der Waals surface area (Å²) in [5, 5.41) is 3.08. The molecule has 16 heavy (non-hydrogen) atoms. The Hall–Kier alpha value is -0.610. The van der Waals surface area contributed by atoms with Crippen molar-refractivity contribution in [3.05, 3.63) is 0 Å². The average molecular weight is 228 g/mol. The molecule has 0 spiro atoms. The first-order valence-corrected chi connectivity index (χ1v) is 6.12. The van der Waals surface area contributed by atoms with Gasteiger partial charge in [0.05, 0.1) is 7.11 Å². The van der Waals surface area contributed by atoms with E-state index in [1.54, 1.807) is 0 Å². The van der Waals surface area contributed by atoms with Crippen molar-refractivity contribution in [3.63, 3.8) is 0 Å². The minimum absolute atomic E-state index is 0.181. The second-order valence-electron chi connectivity index (χ2n) is 4.76. The molecule has 0 radical (unpaired) electrons. The fourth-order valence-corrected chi connectivity index (χ4v) is 2.21. The fraction of sp³-hybridized carbons (Fsp3) is 0.917. The molecule has 1 unspecified atom stereocenters.